The molecule has 0 saturated heterocycles. The Morgan fingerprint density at radius 3 is 2.33 bits per heavy atom. The third-order valence-electron chi connectivity index (χ3n) is 6.74. The number of rotatable bonds is 14. The molecule has 0 aliphatic heterocycles. The van der Waals surface area contributed by atoms with Crippen molar-refractivity contribution in [3.8, 4) is 5.75 Å². The van der Waals surface area contributed by atoms with Crippen LogP contribution in [-0.4, -0.2) is 46.8 Å². The van der Waals surface area contributed by atoms with Gasteiger partial charge in [-0.05, 0) is 48.9 Å². The third-order valence-corrected chi connectivity index (χ3v) is 6.74. The van der Waals surface area contributed by atoms with Gasteiger partial charge in [0, 0.05) is 6.42 Å². The van der Waals surface area contributed by atoms with Crippen molar-refractivity contribution in [3.05, 3.63) is 78.4 Å². The van der Waals surface area contributed by atoms with Crippen molar-refractivity contribution >= 4 is 11.8 Å². The van der Waals surface area contributed by atoms with Crippen molar-refractivity contribution in [2.75, 3.05) is 13.2 Å². The minimum atomic E-state index is -0.595. The van der Waals surface area contributed by atoms with Gasteiger partial charge in [-0.1, -0.05) is 61.4 Å². The molecule has 1 saturated carbocycles. The van der Waals surface area contributed by atoms with Gasteiger partial charge >= 0.3 is 0 Å². The van der Waals surface area contributed by atoms with Gasteiger partial charge in [0.2, 0.25) is 11.8 Å². The molecule has 1 aliphatic rings. The molecular weight excluding hydrogens is 456 g/mol. The zero-order valence-electron chi connectivity index (χ0n) is 20.8. The predicted octanol–water partition coefficient (Wildman–Crippen LogP) is 3.29. The molecule has 2 atom stereocenters. The number of hydrogen-bond donors (Lipinski definition) is 4. The van der Waals surface area contributed by atoms with E-state index >= 15 is 0 Å². The van der Waals surface area contributed by atoms with Crippen LogP contribution in [0.4, 0.5) is 0 Å². The van der Waals surface area contributed by atoms with E-state index in [1.807, 2.05) is 54.6 Å². The Morgan fingerprint density at radius 1 is 1.03 bits per heavy atom. The zero-order valence-corrected chi connectivity index (χ0v) is 20.8. The van der Waals surface area contributed by atoms with Crippen LogP contribution in [0.2, 0.25) is 0 Å². The van der Waals surface area contributed by atoms with E-state index in [1.54, 1.807) is 6.08 Å². The van der Waals surface area contributed by atoms with Gasteiger partial charge in [-0.15, -0.1) is 6.58 Å². The molecule has 0 aromatic heterocycles. The van der Waals surface area contributed by atoms with Gasteiger partial charge in [-0.2, -0.15) is 0 Å². The summed E-state index contributed by atoms with van der Waals surface area (Å²) in [5.41, 5.74) is 1.46. The summed E-state index contributed by atoms with van der Waals surface area (Å²) < 4.78 is 5.82. The van der Waals surface area contributed by atoms with E-state index in [2.05, 4.69) is 17.2 Å². The van der Waals surface area contributed by atoms with Crippen LogP contribution >= 0.6 is 0 Å². The van der Waals surface area contributed by atoms with Gasteiger partial charge in [0.05, 0.1) is 30.7 Å². The fraction of sp³-hybridized carbons (Fsp3) is 0.448. The van der Waals surface area contributed by atoms with Crippen LogP contribution < -0.4 is 15.4 Å². The Kier molecular flexibility index (Phi) is 10.5. The van der Waals surface area contributed by atoms with Gasteiger partial charge in [0.25, 0.3) is 0 Å². The Labute approximate surface area is 213 Å². The second-order valence-corrected chi connectivity index (χ2v) is 9.63. The SMILES string of the molecule is C=CCC(CC(=O)NC1(CO)CCCC1)C(=O)NC(CO)Cc1ccc(OCc2ccccc2)cc1. The average Bonchev–Trinajstić information content (AvgIpc) is 3.37. The molecule has 0 radical (unpaired) electrons. The lowest BCUT2D eigenvalue weighted by Gasteiger charge is -2.29. The first-order valence-electron chi connectivity index (χ1n) is 12.7. The molecule has 3 rings (SSSR count). The van der Waals surface area contributed by atoms with Gasteiger partial charge in [0.15, 0.2) is 0 Å². The summed E-state index contributed by atoms with van der Waals surface area (Å²) in [6.45, 7) is 3.88. The largest absolute Gasteiger partial charge is 0.489 e. The number of aliphatic hydroxyl groups excluding tert-OH is 2. The number of benzene rings is 2. The molecule has 2 amide bonds. The molecule has 1 aliphatic carbocycles. The summed E-state index contributed by atoms with van der Waals surface area (Å²) in [4.78, 5) is 25.6. The van der Waals surface area contributed by atoms with Gasteiger partial charge in [0.1, 0.15) is 12.4 Å². The molecule has 2 unspecified atom stereocenters. The van der Waals surface area contributed by atoms with Crippen LogP contribution in [0, 0.1) is 5.92 Å². The minimum Gasteiger partial charge on any atom is -0.489 e. The lowest BCUT2D eigenvalue weighted by atomic mass is 9.95. The van der Waals surface area contributed by atoms with Crippen molar-refractivity contribution in [2.45, 2.75) is 63.1 Å². The molecule has 1 fully saturated rings. The van der Waals surface area contributed by atoms with E-state index in [4.69, 9.17) is 4.74 Å². The van der Waals surface area contributed by atoms with Crippen LogP contribution in [0.25, 0.3) is 0 Å². The minimum absolute atomic E-state index is 0.00516. The number of carbonyl (C=O) groups excluding carboxylic acids is 2. The highest BCUT2D eigenvalue weighted by Gasteiger charge is 2.35. The van der Waals surface area contributed by atoms with Crippen molar-refractivity contribution in [2.24, 2.45) is 5.92 Å². The fourth-order valence-electron chi connectivity index (χ4n) is 4.66. The topological polar surface area (TPSA) is 108 Å². The maximum absolute atomic E-state index is 13.0. The number of allylic oxidation sites excluding steroid dienone is 1. The number of aliphatic hydroxyl groups is 2. The molecule has 36 heavy (non-hydrogen) atoms. The van der Waals surface area contributed by atoms with E-state index in [1.165, 1.54) is 0 Å². The van der Waals surface area contributed by atoms with E-state index in [0.29, 0.717) is 19.4 Å². The van der Waals surface area contributed by atoms with Crippen molar-refractivity contribution in [3.63, 3.8) is 0 Å². The van der Waals surface area contributed by atoms with Crippen LogP contribution in [0.15, 0.2) is 67.3 Å². The van der Waals surface area contributed by atoms with Crippen molar-refractivity contribution in [1.29, 1.82) is 0 Å². The number of amides is 2. The van der Waals surface area contributed by atoms with E-state index in [9.17, 15) is 19.8 Å². The quantitative estimate of drug-likeness (QED) is 0.302. The highest BCUT2D eigenvalue weighted by Crippen LogP contribution is 2.29. The summed E-state index contributed by atoms with van der Waals surface area (Å²) in [5.74, 6) is -0.398. The fourth-order valence-corrected chi connectivity index (χ4v) is 4.66. The highest BCUT2D eigenvalue weighted by molar-refractivity contribution is 5.86. The molecule has 2 aromatic rings. The van der Waals surface area contributed by atoms with Crippen LogP contribution in [0.5, 0.6) is 5.75 Å². The maximum Gasteiger partial charge on any atom is 0.224 e. The van der Waals surface area contributed by atoms with Crippen LogP contribution in [-0.2, 0) is 22.6 Å². The van der Waals surface area contributed by atoms with E-state index in [0.717, 1.165) is 42.6 Å². The third kappa shape index (κ3) is 8.21. The normalized spacial score (nSPS) is 16.1. The van der Waals surface area contributed by atoms with E-state index < -0.39 is 17.5 Å². The molecular formula is C29H38N2O5. The maximum atomic E-state index is 13.0. The van der Waals surface area contributed by atoms with Crippen LogP contribution in [0.3, 0.4) is 0 Å². The van der Waals surface area contributed by atoms with Gasteiger partial charge in [-0.3, -0.25) is 9.59 Å². The standard InChI is InChI=1S/C29H38N2O5/c1-2-8-24(18-27(34)31-29(21-33)15-6-7-16-29)28(35)30-25(19-32)17-22-11-13-26(14-12-22)36-20-23-9-4-3-5-10-23/h2-5,9-14,24-25,32-33H,1,6-8,15-21H2,(H,30,35)(H,31,34). The smallest absolute Gasteiger partial charge is 0.224 e. The molecule has 4 N–H and O–H groups in total. The van der Waals surface area contributed by atoms with Crippen molar-refractivity contribution < 1.29 is 24.5 Å². The highest BCUT2D eigenvalue weighted by atomic mass is 16.5. The molecule has 194 valence electrons. The monoisotopic (exact) mass is 494 g/mol. The number of nitrogens with one attached hydrogen (secondary N) is 2. The Morgan fingerprint density at radius 2 is 1.72 bits per heavy atom. The predicted molar refractivity (Wildman–Crippen MR) is 139 cm³/mol. The first-order chi connectivity index (χ1) is 17.5. The molecule has 7 heteroatoms. The average molecular weight is 495 g/mol. The summed E-state index contributed by atoms with van der Waals surface area (Å²) in [7, 11) is 0. The van der Waals surface area contributed by atoms with Crippen molar-refractivity contribution in [1.82, 2.24) is 10.6 Å². The number of carbonyl (C=O) groups is 2. The molecule has 0 bridgehead atoms. The lowest BCUT2D eigenvalue weighted by molar-refractivity contribution is -0.132. The summed E-state index contributed by atoms with van der Waals surface area (Å²) in [5, 5.41) is 25.5. The first-order valence-corrected chi connectivity index (χ1v) is 12.7. The Hall–Kier alpha value is -3.16. The number of hydrogen-bond acceptors (Lipinski definition) is 5. The van der Waals surface area contributed by atoms with E-state index in [-0.39, 0.29) is 31.4 Å². The molecule has 7 nitrogen and oxygen atoms in total. The second-order valence-electron chi connectivity index (χ2n) is 9.63. The summed E-state index contributed by atoms with van der Waals surface area (Å²) in [6.07, 6.45) is 5.85. The van der Waals surface area contributed by atoms with Gasteiger partial charge < -0.3 is 25.6 Å². The Bertz CT molecular complexity index is 971. The van der Waals surface area contributed by atoms with Gasteiger partial charge in [-0.25, -0.2) is 0 Å². The van der Waals surface area contributed by atoms with Crippen LogP contribution in [0.1, 0.15) is 49.7 Å². The molecule has 0 spiro atoms. The summed E-state index contributed by atoms with van der Waals surface area (Å²) >= 11 is 0. The Balaban J connectivity index is 1.52. The first kappa shape index (κ1) is 27.4. The lowest BCUT2D eigenvalue weighted by Crippen LogP contribution is -2.50. The molecule has 2 aromatic carbocycles. The molecule has 0 heterocycles. The second kappa shape index (κ2) is 13.8. The zero-order chi connectivity index (χ0) is 25.8. The summed E-state index contributed by atoms with van der Waals surface area (Å²) in [6, 6.07) is 17.0. The number of ether oxygens (including phenoxy) is 1.